The molecule has 2 saturated carbocycles. The van der Waals surface area contributed by atoms with E-state index in [1.54, 1.807) is 6.07 Å². The van der Waals surface area contributed by atoms with Crippen LogP contribution in [-0.2, 0) is 11.8 Å². The lowest BCUT2D eigenvalue weighted by Gasteiger charge is -2.63. The number of aromatic hydroxyl groups is 1. The van der Waals surface area contributed by atoms with Crippen molar-refractivity contribution in [1.82, 2.24) is 4.90 Å². The highest BCUT2D eigenvalue weighted by Gasteiger charge is 2.71. The van der Waals surface area contributed by atoms with Crippen LogP contribution in [0.2, 0.25) is 0 Å². The Bertz CT molecular complexity index is 801. The van der Waals surface area contributed by atoms with Gasteiger partial charge < -0.3 is 14.9 Å². The van der Waals surface area contributed by atoms with E-state index in [0.29, 0.717) is 5.75 Å². The van der Waals surface area contributed by atoms with Crippen LogP contribution in [0.1, 0.15) is 43.2 Å². The normalized spacial score (nSPS) is 41.4. The highest BCUT2D eigenvalue weighted by Crippen LogP contribution is 2.66. The Hall–Kier alpha value is -1.52. The highest BCUT2D eigenvalue weighted by molar-refractivity contribution is 5.63. The molecule has 5 aliphatic rings. The Balaban J connectivity index is 1.58. The topological polar surface area (TPSA) is 52.9 Å². The fraction of sp³-hybridized carbons (Fsp3) is 0.619. The minimum absolute atomic E-state index is 0.157. The predicted molar refractivity (Wildman–Crippen MR) is 93.9 cm³/mol. The van der Waals surface area contributed by atoms with E-state index in [9.17, 15) is 10.2 Å². The molecule has 132 valence electrons. The summed E-state index contributed by atoms with van der Waals surface area (Å²) in [6.07, 6.45) is 5.79. The van der Waals surface area contributed by atoms with Gasteiger partial charge in [0.05, 0.1) is 11.0 Å². The van der Waals surface area contributed by atoms with Crippen molar-refractivity contribution in [1.29, 1.82) is 0 Å². The van der Waals surface area contributed by atoms with Crippen molar-refractivity contribution in [3.8, 4) is 11.5 Å². The Labute approximate surface area is 148 Å². The van der Waals surface area contributed by atoms with E-state index in [1.165, 1.54) is 18.4 Å². The molecule has 1 unspecified atom stereocenters. The van der Waals surface area contributed by atoms with Crippen molar-refractivity contribution < 1.29 is 14.9 Å². The number of hydrogen-bond donors (Lipinski definition) is 2. The minimum Gasteiger partial charge on any atom is -0.504 e. The second kappa shape index (κ2) is 4.41. The number of nitrogens with zero attached hydrogens (tertiary/aromatic N) is 1. The average Bonchev–Trinajstić information content (AvgIpc) is 3.32. The van der Waals surface area contributed by atoms with Gasteiger partial charge in [-0.15, -0.1) is 0 Å². The van der Waals surface area contributed by atoms with Gasteiger partial charge in [-0.05, 0) is 68.2 Å². The number of phenols is 1. The van der Waals surface area contributed by atoms with Crippen molar-refractivity contribution in [3.63, 3.8) is 0 Å². The molecule has 2 N–H and O–H groups in total. The fourth-order valence-corrected chi connectivity index (χ4v) is 6.39. The maximum absolute atomic E-state index is 12.1. The monoisotopic (exact) mass is 339 g/mol. The number of benzene rings is 1. The van der Waals surface area contributed by atoms with E-state index >= 15 is 0 Å². The van der Waals surface area contributed by atoms with Crippen LogP contribution in [0.5, 0.6) is 11.5 Å². The minimum atomic E-state index is -0.780. The maximum Gasteiger partial charge on any atom is 0.166 e. The lowest BCUT2D eigenvalue weighted by atomic mass is 9.48. The van der Waals surface area contributed by atoms with E-state index in [4.69, 9.17) is 4.74 Å². The first-order valence-electron chi connectivity index (χ1n) is 9.71. The van der Waals surface area contributed by atoms with Gasteiger partial charge in [0.2, 0.25) is 0 Å². The molecule has 3 aliphatic carbocycles. The summed E-state index contributed by atoms with van der Waals surface area (Å²) in [4.78, 5) is 2.56. The van der Waals surface area contributed by atoms with E-state index in [1.807, 2.05) is 6.07 Å². The first-order chi connectivity index (χ1) is 12.0. The van der Waals surface area contributed by atoms with Crippen LogP contribution in [0.15, 0.2) is 24.3 Å². The first-order valence-corrected chi connectivity index (χ1v) is 9.71. The molecular formula is C21H25NO3. The largest absolute Gasteiger partial charge is 0.504 e. The lowest BCUT2D eigenvalue weighted by Crippen LogP contribution is -2.75. The number of piperidine rings is 1. The third-order valence-electron chi connectivity index (χ3n) is 7.71. The van der Waals surface area contributed by atoms with Gasteiger partial charge in [0.15, 0.2) is 11.5 Å². The van der Waals surface area contributed by atoms with Crippen molar-refractivity contribution in [3.05, 3.63) is 35.4 Å². The SMILES string of the molecule is C=C1CC[C@]2(O)[C@@H]3Cc4ccc(O)c5c4[C@]2(CCN3CC2CC2)C1O5. The average molecular weight is 339 g/mol. The van der Waals surface area contributed by atoms with Gasteiger partial charge in [0.1, 0.15) is 6.10 Å². The number of likely N-dealkylation sites (tertiary alicyclic amines) is 1. The molecule has 1 aromatic carbocycles. The number of aliphatic hydroxyl groups is 1. The molecular weight excluding hydrogens is 314 g/mol. The summed E-state index contributed by atoms with van der Waals surface area (Å²) in [7, 11) is 0. The van der Waals surface area contributed by atoms with Crippen molar-refractivity contribution in [2.24, 2.45) is 5.92 Å². The number of phenolic OH excluding ortho intramolecular Hbond substituents is 1. The number of rotatable bonds is 2. The molecule has 25 heavy (non-hydrogen) atoms. The molecule has 4 heteroatoms. The predicted octanol–water partition coefficient (Wildman–Crippen LogP) is 2.51. The van der Waals surface area contributed by atoms with Crippen molar-refractivity contribution >= 4 is 0 Å². The Morgan fingerprint density at radius 2 is 2.12 bits per heavy atom. The summed E-state index contributed by atoms with van der Waals surface area (Å²) in [6.45, 7) is 6.40. The molecule has 1 saturated heterocycles. The molecule has 1 spiro atoms. The second-order valence-corrected chi connectivity index (χ2v) is 8.91. The summed E-state index contributed by atoms with van der Waals surface area (Å²) in [5, 5.41) is 22.5. The Kier molecular flexibility index (Phi) is 2.58. The smallest absolute Gasteiger partial charge is 0.166 e. The zero-order valence-corrected chi connectivity index (χ0v) is 14.5. The van der Waals surface area contributed by atoms with E-state index < -0.39 is 11.0 Å². The highest BCUT2D eigenvalue weighted by atomic mass is 16.5. The van der Waals surface area contributed by atoms with Gasteiger partial charge in [-0.25, -0.2) is 0 Å². The summed E-state index contributed by atoms with van der Waals surface area (Å²) in [5.74, 6) is 1.64. The molecule has 4 atom stereocenters. The van der Waals surface area contributed by atoms with E-state index in [2.05, 4.69) is 11.5 Å². The molecule has 0 aromatic heterocycles. The van der Waals surface area contributed by atoms with Crippen LogP contribution in [0.25, 0.3) is 0 Å². The fourth-order valence-electron chi connectivity index (χ4n) is 6.39. The van der Waals surface area contributed by atoms with Crippen molar-refractivity contribution in [2.75, 3.05) is 13.1 Å². The van der Waals surface area contributed by atoms with Gasteiger partial charge in [-0.2, -0.15) is 0 Å². The summed E-state index contributed by atoms with van der Waals surface area (Å²) >= 11 is 0. The van der Waals surface area contributed by atoms with Crippen LogP contribution in [0.4, 0.5) is 0 Å². The van der Waals surface area contributed by atoms with Gasteiger partial charge in [0, 0.05) is 18.2 Å². The molecule has 2 aliphatic heterocycles. The molecule has 0 radical (unpaired) electrons. The molecule has 6 rings (SSSR count). The van der Waals surface area contributed by atoms with Gasteiger partial charge in [-0.1, -0.05) is 12.6 Å². The zero-order valence-electron chi connectivity index (χ0n) is 14.5. The van der Waals surface area contributed by atoms with Crippen LogP contribution in [-0.4, -0.2) is 45.9 Å². The standard InChI is InChI=1S/C21H25NO3/c1-12-6-7-21(24)16-10-14-4-5-15(23)18-17(14)20(21,19(12)25-18)8-9-22(16)11-13-2-3-13/h4-5,13,16,19,23-24H,1-3,6-11H2/t16-,19?,20+,21-/m0/s1. The van der Waals surface area contributed by atoms with Gasteiger partial charge >= 0.3 is 0 Å². The van der Waals surface area contributed by atoms with E-state index in [-0.39, 0.29) is 17.9 Å². The molecule has 4 nitrogen and oxygen atoms in total. The second-order valence-electron chi connectivity index (χ2n) is 8.91. The lowest BCUT2D eigenvalue weighted by molar-refractivity contribution is -0.174. The summed E-state index contributed by atoms with van der Waals surface area (Å²) in [6, 6.07) is 3.96. The molecule has 0 amide bonds. The Morgan fingerprint density at radius 3 is 2.92 bits per heavy atom. The van der Waals surface area contributed by atoms with Gasteiger partial charge in [0.25, 0.3) is 0 Å². The summed E-state index contributed by atoms with van der Waals surface area (Å²) in [5.41, 5.74) is 2.21. The molecule has 1 aromatic rings. The number of hydrogen-bond acceptors (Lipinski definition) is 4. The first kappa shape index (κ1) is 14.6. The molecule has 3 fully saturated rings. The zero-order chi connectivity index (χ0) is 17.0. The summed E-state index contributed by atoms with van der Waals surface area (Å²) < 4.78 is 6.29. The van der Waals surface area contributed by atoms with Crippen molar-refractivity contribution in [2.45, 2.75) is 61.7 Å². The van der Waals surface area contributed by atoms with Gasteiger partial charge in [-0.3, -0.25) is 4.90 Å². The molecule has 2 bridgehead atoms. The van der Waals surface area contributed by atoms with Crippen LogP contribution >= 0.6 is 0 Å². The van der Waals surface area contributed by atoms with Crippen LogP contribution < -0.4 is 4.74 Å². The van der Waals surface area contributed by atoms with Crippen LogP contribution in [0.3, 0.4) is 0 Å². The number of ether oxygens (including phenoxy) is 1. The third-order valence-corrected chi connectivity index (χ3v) is 7.71. The third kappa shape index (κ3) is 1.57. The van der Waals surface area contributed by atoms with E-state index in [0.717, 1.165) is 55.8 Å². The molecule has 2 heterocycles. The maximum atomic E-state index is 12.1. The Morgan fingerprint density at radius 1 is 1.28 bits per heavy atom. The quantitative estimate of drug-likeness (QED) is 0.813. The van der Waals surface area contributed by atoms with Crippen LogP contribution in [0, 0.1) is 5.92 Å².